The molecule has 0 heterocycles. The lowest BCUT2D eigenvalue weighted by atomic mass is 9.92. The molecule has 1 N–H and O–H groups in total. The van der Waals surface area contributed by atoms with Crippen molar-refractivity contribution in [3.8, 4) is 0 Å². The third-order valence-corrected chi connectivity index (χ3v) is 3.80. The van der Waals surface area contributed by atoms with E-state index in [1.54, 1.807) is 6.08 Å². The fraction of sp³-hybridized carbons (Fsp3) is 0.421. The zero-order chi connectivity index (χ0) is 15.6. The molecule has 1 aliphatic rings. The Morgan fingerprint density at radius 3 is 2.14 bits per heavy atom. The van der Waals surface area contributed by atoms with Gasteiger partial charge in [-0.15, -0.1) is 0 Å². The normalized spacial score (nSPS) is 20.5. The van der Waals surface area contributed by atoms with Gasteiger partial charge in [0.2, 0.25) is 0 Å². The summed E-state index contributed by atoms with van der Waals surface area (Å²) in [5.74, 6) is 0.814. The summed E-state index contributed by atoms with van der Waals surface area (Å²) in [6.45, 7) is 10.8. The minimum absolute atomic E-state index is 0.407. The Morgan fingerprint density at radius 1 is 1.05 bits per heavy atom. The second-order valence-corrected chi connectivity index (χ2v) is 6.32. The first-order valence-electron chi connectivity index (χ1n) is 7.66. The van der Waals surface area contributed by atoms with Crippen LogP contribution in [0.25, 0.3) is 0 Å². The van der Waals surface area contributed by atoms with Gasteiger partial charge in [-0.25, -0.2) is 4.99 Å². The number of aliphatic hydroxyl groups is 1. The summed E-state index contributed by atoms with van der Waals surface area (Å²) in [5.41, 5.74) is 5.34. The van der Waals surface area contributed by atoms with E-state index in [0.29, 0.717) is 11.8 Å². The van der Waals surface area contributed by atoms with E-state index in [0.717, 1.165) is 17.0 Å². The van der Waals surface area contributed by atoms with Crippen molar-refractivity contribution >= 4 is 11.4 Å². The van der Waals surface area contributed by atoms with Gasteiger partial charge >= 0.3 is 0 Å². The molecule has 21 heavy (non-hydrogen) atoms. The Bertz CT molecular complexity index is 580. The van der Waals surface area contributed by atoms with Crippen LogP contribution in [0.2, 0.25) is 0 Å². The van der Waals surface area contributed by atoms with Crippen LogP contribution < -0.4 is 0 Å². The molecule has 1 aromatic carbocycles. The molecule has 0 spiro atoms. The number of allylic oxidation sites excluding steroid dienone is 2. The van der Waals surface area contributed by atoms with Gasteiger partial charge in [-0.05, 0) is 47.6 Å². The molecule has 0 saturated heterocycles. The first-order valence-corrected chi connectivity index (χ1v) is 7.66. The first kappa shape index (κ1) is 15.7. The fourth-order valence-electron chi connectivity index (χ4n) is 2.58. The van der Waals surface area contributed by atoms with Crippen LogP contribution in [0, 0.1) is 0 Å². The third-order valence-electron chi connectivity index (χ3n) is 3.80. The summed E-state index contributed by atoms with van der Waals surface area (Å²) >= 11 is 0. The summed E-state index contributed by atoms with van der Waals surface area (Å²) in [4.78, 5) is 4.83. The van der Waals surface area contributed by atoms with Crippen molar-refractivity contribution in [3.63, 3.8) is 0 Å². The zero-order valence-electron chi connectivity index (χ0n) is 13.6. The molecular weight excluding hydrogens is 258 g/mol. The number of nitrogens with zero attached hydrogens (tertiary/aromatic N) is 1. The van der Waals surface area contributed by atoms with Crippen molar-refractivity contribution in [3.05, 3.63) is 53.1 Å². The van der Waals surface area contributed by atoms with Crippen molar-refractivity contribution in [1.29, 1.82) is 0 Å². The van der Waals surface area contributed by atoms with Crippen molar-refractivity contribution < 1.29 is 5.11 Å². The Kier molecular flexibility index (Phi) is 4.79. The largest absolute Gasteiger partial charge is 0.383 e. The van der Waals surface area contributed by atoms with E-state index in [1.165, 1.54) is 11.1 Å². The quantitative estimate of drug-likeness (QED) is 0.842. The monoisotopic (exact) mass is 283 g/mol. The SMILES string of the molecule is CC1=CC(=Nc2c(C(C)C)cccc2C(C)C)C(O)C=C1. The number of rotatable bonds is 3. The lowest BCUT2D eigenvalue weighted by Gasteiger charge is -2.19. The van der Waals surface area contributed by atoms with Crippen molar-refractivity contribution in [2.24, 2.45) is 4.99 Å². The summed E-state index contributed by atoms with van der Waals surface area (Å²) < 4.78 is 0. The number of para-hydroxylation sites is 1. The zero-order valence-corrected chi connectivity index (χ0v) is 13.6. The Labute approximate surface area is 127 Å². The second kappa shape index (κ2) is 6.40. The highest BCUT2D eigenvalue weighted by atomic mass is 16.3. The lowest BCUT2D eigenvalue weighted by Crippen LogP contribution is -2.18. The van der Waals surface area contributed by atoms with Crippen LogP contribution in [-0.2, 0) is 0 Å². The van der Waals surface area contributed by atoms with Crippen LogP contribution in [0.4, 0.5) is 5.69 Å². The molecule has 0 aromatic heterocycles. The molecule has 1 aliphatic carbocycles. The van der Waals surface area contributed by atoms with E-state index in [2.05, 4.69) is 45.9 Å². The van der Waals surface area contributed by atoms with E-state index >= 15 is 0 Å². The summed E-state index contributed by atoms with van der Waals surface area (Å²) in [7, 11) is 0. The molecule has 112 valence electrons. The summed E-state index contributed by atoms with van der Waals surface area (Å²) in [6, 6.07) is 6.38. The summed E-state index contributed by atoms with van der Waals surface area (Å²) in [5, 5.41) is 10.1. The highest BCUT2D eigenvalue weighted by Crippen LogP contribution is 2.35. The molecule has 0 radical (unpaired) electrons. The number of benzene rings is 1. The number of aliphatic hydroxyl groups excluding tert-OH is 1. The standard InChI is InChI=1S/C19H25NO/c1-12(2)15-7-6-8-16(13(3)4)19(15)20-17-11-14(5)9-10-18(17)21/h6-13,18,21H,1-5H3. The Morgan fingerprint density at radius 2 is 1.62 bits per heavy atom. The van der Waals surface area contributed by atoms with Crippen LogP contribution in [0.15, 0.2) is 47.0 Å². The van der Waals surface area contributed by atoms with Crippen LogP contribution in [0.1, 0.15) is 57.6 Å². The van der Waals surface area contributed by atoms with Gasteiger partial charge in [-0.2, -0.15) is 0 Å². The highest BCUT2D eigenvalue weighted by molar-refractivity contribution is 6.03. The fourth-order valence-corrected chi connectivity index (χ4v) is 2.58. The maximum absolute atomic E-state index is 10.1. The molecule has 0 aliphatic heterocycles. The van der Waals surface area contributed by atoms with Gasteiger partial charge in [0.1, 0.15) is 6.10 Å². The lowest BCUT2D eigenvalue weighted by molar-refractivity contribution is 0.289. The minimum atomic E-state index is -0.617. The Balaban J connectivity index is 2.59. The molecule has 1 unspecified atom stereocenters. The number of aliphatic imine (C=N–C) groups is 1. The molecule has 2 rings (SSSR count). The smallest absolute Gasteiger partial charge is 0.114 e. The first-order chi connectivity index (χ1) is 9.90. The molecule has 0 amide bonds. The minimum Gasteiger partial charge on any atom is -0.383 e. The van der Waals surface area contributed by atoms with Crippen molar-refractivity contribution in [2.45, 2.75) is 52.6 Å². The molecule has 2 nitrogen and oxygen atoms in total. The van der Waals surface area contributed by atoms with Crippen LogP contribution in [0.3, 0.4) is 0 Å². The second-order valence-electron chi connectivity index (χ2n) is 6.32. The van der Waals surface area contributed by atoms with Gasteiger partial charge < -0.3 is 5.11 Å². The molecule has 0 saturated carbocycles. The van der Waals surface area contributed by atoms with Gasteiger partial charge in [0.25, 0.3) is 0 Å². The highest BCUT2D eigenvalue weighted by Gasteiger charge is 2.16. The van der Waals surface area contributed by atoms with E-state index < -0.39 is 6.10 Å². The van der Waals surface area contributed by atoms with Crippen LogP contribution in [0.5, 0.6) is 0 Å². The maximum atomic E-state index is 10.1. The van der Waals surface area contributed by atoms with E-state index in [4.69, 9.17) is 4.99 Å². The van der Waals surface area contributed by atoms with Gasteiger partial charge in [0.15, 0.2) is 0 Å². The number of hydrogen-bond donors (Lipinski definition) is 1. The predicted octanol–water partition coefficient (Wildman–Crippen LogP) is 4.88. The van der Waals surface area contributed by atoms with E-state index in [-0.39, 0.29) is 0 Å². The summed E-state index contributed by atoms with van der Waals surface area (Å²) in [6.07, 6.45) is 5.07. The van der Waals surface area contributed by atoms with Crippen LogP contribution in [-0.4, -0.2) is 16.9 Å². The van der Waals surface area contributed by atoms with Crippen molar-refractivity contribution in [1.82, 2.24) is 0 Å². The Hall–Kier alpha value is -1.67. The van der Waals surface area contributed by atoms with Crippen molar-refractivity contribution in [2.75, 3.05) is 0 Å². The van der Waals surface area contributed by atoms with Crippen LogP contribution >= 0.6 is 0 Å². The average Bonchev–Trinajstić information content (AvgIpc) is 2.42. The maximum Gasteiger partial charge on any atom is 0.114 e. The molecule has 1 atom stereocenters. The molecule has 1 aromatic rings. The van der Waals surface area contributed by atoms with Gasteiger partial charge in [-0.1, -0.05) is 52.0 Å². The topological polar surface area (TPSA) is 32.6 Å². The van der Waals surface area contributed by atoms with E-state index in [1.807, 2.05) is 19.1 Å². The molecule has 0 bridgehead atoms. The predicted molar refractivity (Wildman–Crippen MR) is 90.6 cm³/mol. The van der Waals surface area contributed by atoms with Gasteiger partial charge in [0, 0.05) is 0 Å². The van der Waals surface area contributed by atoms with E-state index in [9.17, 15) is 5.11 Å². The number of hydrogen-bond acceptors (Lipinski definition) is 2. The molecular formula is C19H25NO. The average molecular weight is 283 g/mol. The molecule has 0 fully saturated rings. The molecule has 2 heteroatoms. The van der Waals surface area contributed by atoms with Gasteiger partial charge in [0.05, 0.1) is 11.4 Å². The third kappa shape index (κ3) is 3.51. The van der Waals surface area contributed by atoms with Gasteiger partial charge in [-0.3, -0.25) is 0 Å².